The molecule has 0 aliphatic carbocycles. The predicted octanol–water partition coefficient (Wildman–Crippen LogP) is 6.96. The fraction of sp³-hybridized carbons (Fsp3) is 0.375. The molecule has 2 fully saturated rings. The van der Waals surface area contributed by atoms with Crippen molar-refractivity contribution in [2.24, 2.45) is 0 Å². The quantitative estimate of drug-likeness (QED) is 0.0384. The zero-order chi connectivity index (χ0) is 52.7. The highest BCUT2D eigenvalue weighted by Gasteiger charge is 2.59. The number of carbonyl (C=O) groups excluding carboxylic acids is 1. The van der Waals surface area contributed by atoms with Crippen LogP contribution in [0.15, 0.2) is 128 Å². The lowest BCUT2D eigenvalue weighted by molar-refractivity contribution is -0.230. The number of hydrogen-bond acceptors (Lipinski definition) is 16. The number of ether oxygens (including phenoxy) is 8. The Morgan fingerprint density at radius 3 is 2.09 bits per heavy atom. The number of nitrogens with one attached hydrogen (secondary N) is 2. The van der Waals surface area contributed by atoms with Gasteiger partial charge in [-0.25, -0.2) is 4.98 Å². The number of fused-ring (bicyclic) bond motifs is 4. The first kappa shape index (κ1) is 54.1. The van der Waals surface area contributed by atoms with Gasteiger partial charge in [-0.1, -0.05) is 72.8 Å². The highest BCUT2D eigenvalue weighted by atomic mass is 19.4. The molecular formula is C56H59F3N6O11. The summed E-state index contributed by atoms with van der Waals surface area (Å²) in [7, 11) is 0. The fourth-order valence-corrected chi connectivity index (χ4v) is 9.03. The third kappa shape index (κ3) is 13.8. The summed E-state index contributed by atoms with van der Waals surface area (Å²) in [6.45, 7) is 2.98. The number of alkyl halides is 3. The van der Waals surface area contributed by atoms with Gasteiger partial charge in [0.25, 0.3) is 0 Å². The highest BCUT2D eigenvalue weighted by molar-refractivity contribution is 5.98. The normalized spacial score (nSPS) is 19.3. The molecular weight excluding hydrogens is 990 g/mol. The number of halogens is 3. The highest BCUT2D eigenvalue weighted by Crippen LogP contribution is 2.39. The molecule has 400 valence electrons. The summed E-state index contributed by atoms with van der Waals surface area (Å²) in [6.07, 6.45) is 1.16. The van der Waals surface area contributed by atoms with Crippen LogP contribution in [0.1, 0.15) is 23.2 Å². The van der Waals surface area contributed by atoms with Crippen LogP contribution in [0.25, 0.3) is 43.8 Å². The van der Waals surface area contributed by atoms with E-state index >= 15 is 0 Å². The Hall–Kier alpha value is -6.72. The van der Waals surface area contributed by atoms with Crippen LogP contribution in [0.3, 0.4) is 0 Å². The summed E-state index contributed by atoms with van der Waals surface area (Å²) in [5.74, 6) is 0.318. The van der Waals surface area contributed by atoms with Crippen molar-refractivity contribution in [3.8, 4) is 28.0 Å². The molecule has 2 aliphatic rings. The van der Waals surface area contributed by atoms with Crippen molar-refractivity contribution in [1.82, 2.24) is 25.3 Å². The maximum atomic E-state index is 13.1. The molecule has 2 saturated heterocycles. The van der Waals surface area contributed by atoms with Crippen LogP contribution in [0.2, 0.25) is 0 Å². The number of amides is 1. The van der Waals surface area contributed by atoms with Crippen LogP contribution >= 0.6 is 0 Å². The molecule has 7 aromatic rings. The monoisotopic (exact) mass is 1050 g/mol. The largest absolute Gasteiger partial charge is 0.493 e. The number of hydrogen-bond donors (Lipinski definition) is 4. The van der Waals surface area contributed by atoms with Gasteiger partial charge in [0.15, 0.2) is 12.0 Å². The molecule has 5 atom stereocenters. The van der Waals surface area contributed by atoms with E-state index in [-0.39, 0.29) is 57.8 Å². The number of anilines is 1. The molecule has 2 aliphatic heterocycles. The van der Waals surface area contributed by atoms with Crippen molar-refractivity contribution in [2.45, 2.75) is 55.8 Å². The molecule has 0 radical (unpaired) electrons. The number of rotatable bonds is 27. The van der Waals surface area contributed by atoms with Crippen molar-refractivity contribution in [3.63, 3.8) is 0 Å². The van der Waals surface area contributed by atoms with E-state index in [1.54, 1.807) is 6.20 Å². The Bertz CT molecular complexity index is 3000. The number of pyridine rings is 2. The molecule has 0 spiro atoms. The number of aliphatic hydroxyl groups excluding tert-OH is 2. The van der Waals surface area contributed by atoms with Crippen LogP contribution < -0.4 is 15.4 Å². The average Bonchev–Trinajstić information content (AvgIpc) is 3.88. The number of nitrogens with zero attached hydrogens (tertiary/aromatic N) is 4. The zero-order valence-corrected chi connectivity index (χ0v) is 41.5. The second kappa shape index (κ2) is 25.9. The molecule has 20 heteroatoms. The Labute approximate surface area is 436 Å². The molecule has 1 amide bonds. The molecule has 2 bridgehead atoms. The van der Waals surface area contributed by atoms with E-state index in [9.17, 15) is 28.2 Å². The van der Waals surface area contributed by atoms with Crippen LogP contribution in [-0.2, 0) is 57.2 Å². The van der Waals surface area contributed by atoms with Crippen LogP contribution in [0, 0.1) is 0 Å². The number of aromatic nitrogens is 4. The van der Waals surface area contributed by atoms with E-state index in [2.05, 4.69) is 91.2 Å². The summed E-state index contributed by atoms with van der Waals surface area (Å²) in [5.41, 5.74) is 3.73. The van der Waals surface area contributed by atoms with Gasteiger partial charge in [0.05, 0.1) is 91.7 Å². The first-order valence-corrected chi connectivity index (χ1v) is 25.0. The first-order chi connectivity index (χ1) is 37.0. The summed E-state index contributed by atoms with van der Waals surface area (Å²) in [6, 6.07) is 30.0. The molecule has 76 heavy (non-hydrogen) atoms. The molecule has 4 aromatic carbocycles. The van der Waals surface area contributed by atoms with E-state index in [4.69, 9.17) is 37.9 Å². The van der Waals surface area contributed by atoms with Gasteiger partial charge in [-0.2, -0.15) is 13.2 Å². The van der Waals surface area contributed by atoms with Gasteiger partial charge in [0.2, 0.25) is 5.91 Å². The van der Waals surface area contributed by atoms with Crippen LogP contribution in [0.5, 0.6) is 5.75 Å². The minimum atomic E-state index is -4.71. The molecule has 17 nitrogen and oxygen atoms in total. The summed E-state index contributed by atoms with van der Waals surface area (Å²) in [4.78, 5) is 28.3. The topological polar surface area (TPSA) is 207 Å². The lowest BCUT2D eigenvalue weighted by Gasteiger charge is -2.42. The van der Waals surface area contributed by atoms with Crippen molar-refractivity contribution < 1.29 is 66.1 Å². The van der Waals surface area contributed by atoms with Gasteiger partial charge in [0, 0.05) is 60.5 Å². The van der Waals surface area contributed by atoms with E-state index in [0.29, 0.717) is 58.8 Å². The smallest absolute Gasteiger partial charge is 0.434 e. The van der Waals surface area contributed by atoms with E-state index in [0.717, 1.165) is 66.9 Å². The van der Waals surface area contributed by atoms with E-state index in [1.165, 1.54) is 0 Å². The molecule has 0 unspecified atom stereocenters. The Balaban J connectivity index is 0.626. The summed E-state index contributed by atoms with van der Waals surface area (Å²) < 4.78 is 85.6. The third-order valence-corrected chi connectivity index (χ3v) is 13.0. The SMILES string of the molecule is O=C(CCOCc1ccc(-c2cccc3ccncc23)c(OCCc2ccc(-c3cccc4ccncc34)cc2)c1)NCCOCCOCCOCCOC[C@@]12CO[C@@H](O1)[C@H](Nc1cncc(C(F)(F)F)n1)[C@@H](O)[C@H]2O. The van der Waals surface area contributed by atoms with Gasteiger partial charge in [-0.05, 0) is 56.8 Å². The molecule has 4 N–H and O–H groups in total. The Morgan fingerprint density at radius 1 is 0.697 bits per heavy atom. The predicted molar refractivity (Wildman–Crippen MR) is 274 cm³/mol. The number of carbonyl (C=O) groups is 1. The average molecular weight is 1050 g/mol. The van der Waals surface area contributed by atoms with Crippen molar-refractivity contribution in [1.29, 1.82) is 0 Å². The molecule has 9 rings (SSSR count). The first-order valence-electron chi connectivity index (χ1n) is 25.0. The summed E-state index contributed by atoms with van der Waals surface area (Å²) in [5, 5.41) is 31.6. The Morgan fingerprint density at radius 2 is 1.37 bits per heavy atom. The van der Waals surface area contributed by atoms with Gasteiger partial charge in [0.1, 0.15) is 35.4 Å². The van der Waals surface area contributed by atoms with Gasteiger partial charge < -0.3 is 58.7 Å². The van der Waals surface area contributed by atoms with Crippen LogP contribution in [0.4, 0.5) is 19.0 Å². The minimum Gasteiger partial charge on any atom is -0.493 e. The molecule has 0 saturated carbocycles. The van der Waals surface area contributed by atoms with Crippen molar-refractivity contribution >= 4 is 33.3 Å². The van der Waals surface area contributed by atoms with Crippen molar-refractivity contribution in [2.75, 3.05) is 84.5 Å². The summed E-state index contributed by atoms with van der Waals surface area (Å²) >= 11 is 0. The Kier molecular flexibility index (Phi) is 18.4. The molecule has 3 aromatic heterocycles. The fourth-order valence-electron chi connectivity index (χ4n) is 9.03. The number of aliphatic hydroxyl groups is 2. The second-order valence-electron chi connectivity index (χ2n) is 18.2. The number of benzene rings is 4. The van der Waals surface area contributed by atoms with Gasteiger partial charge in [-0.3, -0.25) is 19.7 Å². The lowest BCUT2D eigenvalue weighted by atomic mass is 9.88. The maximum absolute atomic E-state index is 13.1. The lowest BCUT2D eigenvalue weighted by Crippen LogP contribution is -2.64. The maximum Gasteiger partial charge on any atom is 0.434 e. The van der Waals surface area contributed by atoms with E-state index in [1.807, 2.05) is 48.9 Å². The minimum absolute atomic E-state index is 0.117. The van der Waals surface area contributed by atoms with Crippen molar-refractivity contribution in [3.05, 3.63) is 145 Å². The molecule has 5 heterocycles. The van der Waals surface area contributed by atoms with E-state index < -0.39 is 42.0 Å². The second-order valence-corrected chi connectivity index (χ2v) is 18.2. The van der Waals surface area contributed by atoms with Gasteiger partial charge >= 0.3 is 6.18 Å². The third-order valence-electron chi connectivity index (χ3n) is 13.0. The van der Waals surface area contributed by atoms with Gasteiger partial charge in [-0.15, -0.1) is 0 Å². The van der Waals surface area contributed by atoms with Crippen LogP contribution in [-0.4, -0.2) is 145 Å². The standard InChI is InChI=1S/C56H59F3N6O11/c57-56(58,59)48-32-62-33-49(64-48)65-51-52(67)53(68)55(36-75-54(51)76-55)35-73-28-27-71-26-25-70-24-23-69-22-19-63-50(66)16-20-72-34-38-9-12-44(43-6-2-4-40-14-18-61-31-46(40)43)47(29-38)74-21-15-37-7-10-41(11-8-37)42-5-1-3-39-13-17-60-30-45(39)42/h1-14,17-18,29-33,51-54,67-68H,15-16,19-28,34-36H2,(H,63,66)(H,64,65)/t51-,52-,53-,54+,55+/m1/s1. The zero-order valence-electron chi connectivity index (χ0n) is 41.5.